The Balaban J connectivity index is 0.00000243. The van der Waals surface area contributed by atoms with E-state index in [9.17, 15) is 8.42 Å². The highest BCUT2D eigenvalue weighted by Crippen LogP contribution is 2.14. The first-order valence-electron chi connectivity index (χ1n) is 8.53. The van der Waals surface area contributed by atoms with Gasteiger partial charge < -0.3 is 19.5 Å². The molecule has 3 rings (SSSR count). The maximum Gasteiger partial charge on any atom is 0.220 e. The second-order valence-corrected chi connectivity index (χ2v) is 8.17. The van der Waals surface area contributed by atoms with Crippen molar-refractivity contribution >= 4 is 40.0 Å². The molecular formula is C15H26IN5O4S. The van der Waals surface area contributed by atoms with Crippen molar-refractivity contribution in [3.63, 3.8) is 0 Å². The predicted molar refractivity (Wildman–Crippen MR) is 108 cm³/mol. The van der Waals surface area contributed by atoms with Gasteiger partial charge in [-0.25, -0.2) is 8.42 Å². The molecule has 1 unspecified atom stereocenters. The van der Waals surface area contributed by atoms with Gasteiger partial charge in [-0.05, 0) is 12.8 Å². The Hall–Kier alpha value is -0.920. The van der Waals surface area contributed by atoms with Crippen LogP contribution in [0.25, 0.3) is 0 Å². The Morgan fingerprint density at radius 2 is 2.15 bits per heavy atom. The van der Waals surface area contributed by atoms with Crippen LogP contribution in [0.2, 0.25) is 0 Å². The smallest absolute Gasteiger partial charge is 0.220 e. The van der Waals surface area contributed by atoms with Crippen LogP contribution in [0.5, 0.6) is 0 Å². The van der Waals surface area contributed by atoms with E-state index >= 15 is 0 Å². The van der Waals surface area contributed by atoms with Gasteiger partial charge >= 0.3 is 0 Å². The van der Waals surface area contributed by atoms with Gasteiger partial charge in [0.25, 0.3) is 0 Å². The molecule has 148 valence electrons. The normalized spacial score (nSPS) is 22.3. The molecule has 2 saturated heterocycles. The Morgan fingerprint density at radius 1 is 1.38 bits per heavy atom. The molecule has 11 heteroatoms. The van der Waals surface area contributed by atoms with Crippen molar-refractivity contribution in [1.29, 1.82) is 0 Å². The average molecular weight is 499 g/mol. The molecule has 2 fully saturated rings. The molecule has 9 nitrogen and oxygen atoms in total. The van der Waals surface area contributed by atoms with Gasteiger partial charge in [-0.2, -0.15) is 4.31 Å². The molecule has 0 aromatic carbocycles. The summed E-state index contributed by atoms with van der Waals surface area (Å²) < 4.78 is 36.7. The van der Waals surface area contributed by atoms with Crippen molar-refractivity contribution in [3.05, 3.63) is 18.0 Å². The van der Waals surface area contributed by atoms with Gasteiger partial charge in [0.15, 0.2) is 5.96 Å². The number of piperazine rings is 1. The number of halogens is 1. The van der Waals surface area contributed by atoms with E-state index in [1.165, 1.54) is 10.6 Å². The van der Waals surface area contributed by atoms with Crippen molar-refractivity contribution in [1.82, 2.24) is 19.7 Å². The number of aliphatic imine (C=N–C) groups is 1. The molecule has 1 aromatic heterocycles. The van der Waals surface area contributed by atoms with Gasteiger partial charge in [0.1, 0.15) is 12.0 Å². The van der Waals surface area contributed by atoms with Gasteiger partial charge in [-0.1, -0.05) is 5.16 Å². The molecule has 0 amide bonds. The van der Waals surface area contributed by atoms with Crippen LogP contribution in [0, 0.1) is 0 Å². The van der Waals surface area contributed by atoms with Gasteiger partial charge in [0, 0.05) is 52.4 Å². The van der Waals surface area contributed by atoms with E-state index in [1.54, 1.807) is 13.1 Å². The SMILES string of the molecule is CN=C(NCC1CCCO1)N1CCN(S(=O)(=O)Cc2ccon2)CC1.I. The fraction of sp³-hybridized carbons (Fsp3) is 0.733. The summed E-state index contributed by atoms with van der Waals surface area (Å²) in [6, 6.07) is 1.57. The lowest BCUT2D eigenvalue weighted by Gasteiger charge is -2.36. The zero-order chi connectivity index (χ0) is 17.7. The summed E-state index contributed by atoms with van der Waals surface area (Å²) in [7, 11) is -1.64. The molecule has 26 heavy (non-hydrogen) atoms. The van der Waals surface area contributed by atoms with Crippen LogP contribution in [0.3, 0.4) is 0 Å². The molecule has 0 bridgehead atoms. The average Bonchev–Trinajstić information content (AvgIpc) is 3.29. The molecule has 0 saturated carbocycles. The van der Waals surface area contributed by atoms with E-state index in [0.717, 1.165) is 32.0 Å². The number of aromatic nitrogens is 1. The van der Waals surface area contributed by atoms with Crippen LogP contribution in [0.15, 0.2) is 21.8 Å². The Labute approximate surface area is 171 Å². The number of hydrogen-bond donors (Lipinski definition) is 1. The summed E-state index contributed by atoms with van der Waals surface area (Å²) in [4.78, 5) is 6.39. The van der Waals surface area contributed by atoms with Gasteiger partial charge in [0.2, 0.25) is 10.0 Å². The number of rotatable bonds is 5. The molecule has 0 radical (unpaired) electrons. The third-order valence-corrected chi connectivity index (χ3v) is 6.29. The molecule has 2 aliphatic heterocycles. The fourth-order valence-electron chi connectivity index (χ4n) is 3.11. The largest absolute Gasteiger partial charge is 0.376 e. The van der Waals surface area contributed by atoms with E-state index in [1.807, 2.05) is 0 Å². The zero-order valence-corrected chi connectivity index (χ0v) is 18.0. The minimum absolute atomic E-state index is 0. The molecule has 1 N–H and O–H groups in total. The lowest BCUT2D eigenvalue weighted by atomic mass is 10.2. The van der Waals surface area contributed by atoms with Gasteiger partial charge in [0.05, 0.1) is 11.8 Å². The molecule has 0 spiro atoms. The molecule has 0 aliphatic carbocycles. The van der Waals surface area contributed by atoms with Crippen molar-refractivity contribution in [2.24, 2.45) is 4.99 Å². The van der Waals surface area contributed by atoms with Crippen LogP contribution < -0.4 is 5.32 Å². The summed E-state index contributed by atoms with van der Waals surface area (Å²) >= 11 is 0. The Morgan fingerprint density at radius 3 is 2.73 bits per heavy atom. The summed E-state index contributed by atoms with van der Waals surface area (Å²) in [5.74, 6) is 0.666. The maximum atomic E-state index is 12.5. The van der Waals surface area contributed by atoms with Crippen LogP contribution >= 0.6 is 24.0 Å². The Bertz CT molecular complexity index is 668. The number of nitrogens with one attached hydrogen (secondary N) is 1. The van der Waals surface area contributed by atoms with Crippen molar-refractivity contribution in [2.45, 2.75) is 24.7 Å². The number of ether oxygens (including phenoxy) is 1. The second-order valence-electron chi connectivity index (χ2n) is 6.20. The number of nitrogens with zero attached hydrogens (tertiary/aromatic N) is 4. The van der Waals surface area contributed by atoms with E-state index in [-0.39, 0.29) is 35.8 Å². The summed E-state index contributed by atoms with van der Waals surface area (Å²) in [6.07, 6.45) is 3.79. The Kier molecular flexibility index (Phi) is 8.10. The number of sulfonamides is 1. The first-order chi connectivity index (χ1) is 12.1. The maximum absolute atomic E-state index is 12.5. The van der Waals surface area contributed by atoms with Gasteiger partial charge in [-0.15, -0.1) is 24.0 Å². The molecule has 3 heterocycles. The predicted octanol–water partition coefficient (Wildman–Crippen LogP) is 0.494. The number of hydrogen-bond acceptors (Lipinski definition) is 6. The van der Waals surface area contributed by atoms with E-state index < -0.39 is 10.0 Å². The summed E-state index contributed by atoms with van der Waals surface area (Å²) in [5, 5.41) is 7.01. The minimum Gasteiger partial charge on any atom is -0.376 e. The molecule has 1 atom stereocenters. The summed E-state index contributed by atoms with van der Waals surface area (Å²) in [6.45, 7) is 3.62. The second kappa shape index (κ2) is 9.85. The lowest BCUT2D eigenvalue weighted by molar-refractivity contribution is 0.113. The number of guanidine groups is 1. The van der Waals surface area contributed by atoms with Crippen LogP contribution in [-0.4, -0.2) is 81.2 Å². The molecule has 1 aromatic rings. The van der Waals surface area contributed by atoms with E-state index in [0.29, 0.717) is 31.9 Å². The third kappa shape index (κ3) is 5.54. The van der Waals surface area contributed by atoms with Crippen LogP contribution in [0.4, 0.5) is 0 Å². The quantitative estimate of drug-likeness (QED) is 0.358. The van der Waals surface area contributed by atoms with E-state index in [2.05, 4.69) is 20.4 Å². The third-order valence-electron chi connectivity index (χ3n) is 4.48. The summed E-state index contributed by atoms with van der Waals surface area (Å²) in [5.41, 5.74) is 0.427. The highest BCUT2D eigenvalue weighted by atomic mass is 127. The highest BCUT2D eigenvalue weighted by Gasteiger charge is 2.29. The first kappa shape index (κ1) is 21.4. The highest BCUT2D eigenvalue weighted by molar-refractivity contribution is 14.0. The minimum atomic E-state index is -3.38. The van der Waals surface area contributed by atoms with Crippen LogP contribution in [0.1, 0.15) is 18.5 Å². The monoisotopic (exact) mass is 499 g/mol. The lowest BCUT2D eigenvalue weighted by Crippen LogP contribution is -2.54. The standard InChI is InChI=1S/C15H25N5O4S.HI/c1-16-15(17-11-14-3-2-9-23-14)19-5-7-20(8-6-19)25(21,22)12-13-4-10-24-18-13;/h4,10,14H,2-3,5-9,11-12H2,1H3,(H,16,17);1H. The van der Waals surface area contributed by atoms with E-state index in [4.69, 9.17) is 9.26 Å². The topological polar surface area (TPSA) is 100 Å². The van der Waals surface area contributed by atoms with Crippen LogP contribution in [-0.2, 0) is 20.5 Å². The van der Waals surface area contributed by atoms with Gasteiger partial charge in [-0.3, -0.25) is 4.99 Å². The fourth-order valence-corrected chi connectivity index (χ4v) is 4.54. The zero-order valence-electron chi connectivity index (χ0n) is 14.8. The van der Waals surface area contributed by atoms with Crippen molar-refractivity contribution in [2.75, 3.05) is 46.4 Å². The molecular weight excluding hydrogens is 473 g/mol. The molecule has 2 aliphatic rings. The van der Waals surface area contributed by atoms with Crippen molar-refractivity contribution in [3.8, 4) is 0 Å². The first-order valence-corrected chi connectivity index (χ1v) is 10.1. The van der Waals surface area contributed by atoms with Crippen molar-refractivity contribution < 1.29 is 17.7 Å².